The topological polar surface area (TPSA) is 76.2 Å². The van der Waals surface area contributed by atoms with E-state index in [1.54, 1.807) is 0 Å². The van der Waals surface area contributed by atoms with Crippen molar-refractivity contribution in [2.24, 2.45) is 5.73 Å². The van der Waals surface area contributed by atoms with Crippen molar-refractivity contribution in [1.82, 2.24) is 4.98 Å². The number of carboxylic acid groups (broad SMARTS) is 1. The minimum absolute atomic E-state index is 0.0758. The maximum Gasteiger partial charge on any atom is 0.320 e. The fourth-order valence-corrected chi connectivity index (χ4v) is 1.31. The molecular weight excluding hydrogens is 255 g/mol. The zero-order chi connectivity index (χ0) is 10.7. The van der Waals surface area contributed by atoms with Gasteiger partial charge in [-0.15, -0.1) is 0 Å². The predicted molar refractivity (Wildman–Crippen MR) is 51.2 cm³/mol. The lowest BCUT2D eigenvalue weighted by Gasteiger charge is -2.06. The molecular formula is C8H8BrFN2O2. The third kappa shape index (κ3) is 2.74. The molecule has 1 aromatic rings. The molecule has 6 heteroatoms. The standard InChI is InChI=1S/C8H8BrFN2O2/c9-5-1-4(7(10)12-3-5)2-6(11)8(13)14/h1,3,6H,2,11H2,(H,13,14). The Labute approximate surface area is 88.1 Å². The molecule has 1 atom stereocenters. The van der Waals surface area contributed by atoms with Crippen LogP contribution in [0, 0.1) is 5.95 Å². The zero-order valence-electron chi connectivity index (χ0n) is 7.08. The second-order valence-corrected chi connectivity index (χ2v) is 3.67. The first-order valence-corrected chi connectivity index (χ1v) is 4.58. The summed E-state index contributed by atoms with van der Waals surface area (Å²) in [5.74, 6) is -1.85. The Bertz CT molecular complexity index is 359. The Hall–Kier alpha value is -1.01. The normalized spacial score (nSPS) is 12.5. The van der Waals surface area contributed by atoms with E-state index >= 15 is 0 Å². The number of carbonyl (C=O) groups is 1. The van der Waals surface area contributed by atoms with Crippen LogP contribution in [0.1, 0.15) is 5.56 Å². The second kappa shape index (κ2) is 4.47. The molecule has 4 nitrogen and oxygen atoms in total. The summed E-state index contributed by atoms with van der Waals surface area (Å²) in [5.41, 5.74) is 5.45. The highest BCUT2D eigenvalue weighted by Gasteiger charge is 2.15. The van der Waals surface area contributed by atoms with E-state index in [1.165, 1.54) is 12.3 Å². The molecule has 14 heavy (non-hydrogen) atoms. The van der Waals surface area contributed by atoms with E-state index in [9.17, 15) is 9.18 Å². The maximum absolute atomic E-state index is 13.0. The van der Waals surface area contributed by atoms with Gasteiger partial charge in [-0.2, -0.15) is 4.39 Å². The molecule has 1 unspecified atom stereocenters. The lowest BCUT2D eigenvalue weighted by Crippen LogP contribution is -2.32. The lowest BCUT2D eigenvalue weighted by molar-refractivity contribution is -0.138. The highest BCUT2D eigenvalue weighted by Crippen LogP contribution is 2.14. The largest absolute Gasteiger partial charge is 0.480 e. The molecule has 0 aliphatic rings. The van der Waals surface area contributed by atoms with Crippen LogP contribution in [0.3, 0.4) is 0 Å². The molecule has 0 saturated heterocycles. The van der Waals surface area contributed by atoms with Crippen LogP contribution in [-0.4, -0.2) is 22.1 Å². The van der Waals surface area contributed by atoms with Crippen LogP contribution >= 0.6 is 15.9 Å². The number of hydrogen-bond acceptors (Lipinski definition) is 3. The van der Waals surface area contributed by atoms with Crippen LogP contribution in [0.4, 0.5) is 4.39 Å². The minimum atomic E-state index is -1.16. The average Bonchev–Trinajstić information content (AvgIpc) is 2.11. The van der Waals surface area contributed by atoms with Crippen molar-refractivity contribution in [3.8, 4) is 0 Å². The van der Waals surface area contributed by atoms with Crippen molar-refractivity contribution in [2.75, 3.05) is 0 Å². The molecule has 0 bridgehead atoms. The van der Waals surface area contributed by atoms with Gasteiger partial charge in [0.25, 0.3) is 0 Å². The fraction of sp³-hybridized carbons (Fsp3) is 0.250. The number of rotatable bonds is 3. The molecule has 3 N–H and O–H groups in total. The summed E-state index contributed by atoms with van der Waals surface area (Å²) < 4.78 is 13.6. The summed E-state index contributed by atoms with van der Waals surface area (Å²) in [6.07, 6.45) is 1.22. The number of nitrogens with zero attached hydrogens (tertiary/aromatic N) is 1. The highest BCUT2D eigenvalue weighted by atomic mass is 79.9. The molecule has 0 radical (unpaired) electrons. The number of hydrogen-bond donors (Lipinski definition) is 2. The predicted octanol–water partition coefficient (Wildman–Crippen LogP) is 0.938. The average molecular weight is 263 g/mol. The van der Waals surface area contributed by atoms with Crippen LogP contribution < -0.4 is 5.73 Å². The van der Waals surface area contributed by atoms with Gasteiger partial charge in [0.05, 0.1) is 0 Å². The molecule has 0 aliphatic heterocycles. The number of aliphatic carboxylic acids is 1. The van der Waals surface area contributed by atoms with Crippen LogP contribution in [0.25, 0.3) is 0 Å². The van der Waals surface area contributed by atoms with Gasteiger partial charge in [0.1, 0.15) is 6.04 Å². The van der Waals surface area contributed by atoms with E-state index in [-0.39, 0.29) is 12.0 Å². The molecule has 76 valence electrons. The molecule has 1 rings (SSSR count). The molecule has 0 saturated carbocycles. The van der Waals surface area contributed by atoms with Gasteiger partial charge >= 0.3 is 5.97 Å². The molecule has 0 spiro atoms. The van der Waals surface area contributed by atoms with E-state index in [2.05, 4.69) is 20.9 Å². The molecule has 0 aromatic carbocycles. The van der Waals surface area contributed by atoms with Crippen LogP contribution in [0.5, 0.6) is 0 Å². The Kier molecular flexibility index (Phi) is 3.54. The number of nitrogens with two attached hydrogens (primary N) is 1. The molecule has 1 aromatic heterocycles. The zero-order valence-corrected chi connectivity index (χ0v) is 8.66. The highest BCUT2D eigenvalue weighted by molar-refractivity contribution is 9.10. The van der Waals surface area contributed by atoms with E-state index in [4.69, 9.17) is 10.8 Å². The Balaban J connectivity index is 2.85. The second-order valence-electron chi connectivity index (χ2n) is 2.75. The Morgan fingerprint density at radius 1 is 1.79 bits per heavy atom. The fourth-order valence-electron chi connectivity index (χ4n) is 0.932. The van der Waals surface area contributed by atoms with Crippen molar-refractivity contribution in [3.63, 3.8) is 0 Å². The number of carboxylic acids is 1. The summed E-state index contributed by atoms with van der Waals surface area (Å²) in [6, 6.07) is 0.353. The quantitative estimate of drug-likeness (QED) is 0.795. The molecule has 0 fully saturated rings. The van der Waals surface area contributed by atoms with Crippen molar-refractivity contribution in [3.05, 3.63) is 28.2 Å². The Morgan fingerprint density at radius 2 is 2.43 bits per heavy atom. The molecule has 0 aliphatic carbocycles. The van der Waals surface area contributed by atoms with Crippen molar-refractivity contribution >= 4 is 21.9 Å². The first kappa shape index (κ1) is 11.1. The van der Waals surface area contributed by atoms with Crippen LogP contribution in [-0.2, 0) is 11.2 Å². The first-order valence-electron chi connectivity index (χ1n) is 3.79. The van der Waals surface area contributed by atoms with Gasteiger partial charge in [-0.1, -0.05) is 0 Å². The third-order valence-electron chi connectivity index (χ3n) is 1.64. The maximum atomic E-state index is 13.0. The van der Waals surface area contributed by atoms with Crippen molar-refractivity contribution in [1.29, 1.82) is 0 Å². The first-order chi connectivity index (χ1) is 6.50. The monoisotopic (exact) mass is 262 g/mol. The van der Waals surface area contributed by atoms with Gasteiger partial charge in [0.15, 0.2) is 0 Å². The van der Waals surface area contributed by atoms with Gasteiger partial charge in [0.2, 0.25) is 5.95 Å². The summed E-state index contributed by atoms with van der Waals surface area (Å²) in [5, 5.41) is 8.52. The van der Waals surface area contributed by atoms with Crippen molar-refractivity contribution in [2.45, 2.75) is 12.5 Å². The van der Waals surface area contributed by atoms with Crippen LogP contribution in [0.15, 0.2) is 16.7 Å². The third-order valence-corrected chi connectivity index (χ3v) is 2.07. The number of halogens is 2. The van der Waals surface area contributed by atoms with E-state index in [1.807, 2.05) is 0 Å². The summed E-state index contributed by atoms with van der Waals surface area (Å²) >= 11 is 3.11. The minimum Gasteiger partial charge on any atom is -0.480 e. The summed E-state index contributed by atoms with van der Waals surface area (Å²) in [6.45, 7) is 0. The molecule has 1 heterocycles. The number of aromatic nitrogens is 1. The van der Waals surface area contributed by atoms with E-state index < -0.39 is 18.0 Å². The van der Waals surface area contributed by atoms with Gasteiger partial charge in [0, 0.05) is 22.7 Å². The van der Waals surface area contributed by atoms with Gasteiger partial charge in [-0.3, -0.25) is 4.79 Å². The number of pyridine rings is 1. The summed E-state index contributed by atoms with van der Waals surface area (Å²) in [4.78, 5) is 13.8. The van der Waals surface area contributed by atoms with E-state index in [0.717, 1.165) is 0 Å². The van der Waals surface area contributed by atoms with Gasteiger partial charge in [-0.25, -0.2) is 4.98 Å². The lowest BCUT2D eigenvalue weighted by atomic mass is 10.1. The molecule has 0 amide bonds. The van der Waals surface area contributed by atoms with Gasteiger partial charge in [-0.05, 0) is 22.0 Å². The van der Waals surface area contributed by atoms with E-state index in [0.29, 0.717) is 4.47 Å². The smallest absolute Gasteiger partial charge is 0.320 e. The summed E-state index contributed by atoms with van der Waals surface area (Å²) in [7, 11) is 0. The van der Waals surface area contributed by atoms with Crippen molar-refractivity contribution < 1.29 is 14.3 Å². The Morgan fingerprint density at radius 3 is 3.00 bits per heavy atom. The van der Waals surface area contributed by atoms with Crippen LogP contribution in [0.2, 0.25) is 0 Å². The SMILES string of the molecule is NC(Cc1cc(Br)cnc1F)C(=O)O. The van der Waals surface area contributed by atoms with Gasteiger partial charge < -0.3 is 10.8 Å².